The van der Waals surface area contributed by atoms with E-state index in [0.29, 0.717) is 37.1 Å². The predicted octanol–water partition coefficient (Wildman–Crippen LogP) is 3.87. The molecule has 0 aliphatic carbocycles. The molecule has 2 N–H and O–H groups in total. The first-order valence-electron chi connectivity index (χ1n) is 9.05. The fourth-order valence-corrected chi connectivity index (χ4v) is 2.42. The van der Waals surface area contributed by atoms with E-state index in [4.69, 9.17) is 26.4 Å². The third kappa shape index (κ3) is 7.54. The van der Waals surface area contributed by atoms with Crippen molar-refractivity contribution in [1.82, 2.24) is 5.32 Å². The number of ether oxygens (including phenoxy) is 3. The second-order valence-electron chi connectivity index (χ2n) is 6.51. The average molecular weight is 403 g/mol. The topological polar surface area (TPSA) is 68.8 Å². The fraction of sp³-hybridized carbons (Fsp3) is 0.333. The van der Waals surface area contributed by atoms with E-state index < -0.39 is 0 Å². The minimum absolute atomic E-state index is 0.208. The SMILES string of the molecule is COCCOc1cccc(NC(=S)NC(=O)c2ccc(OCC(C)C)cc2)c1. The Kier molecular flexibility index (Phi) is 8.71. The van der Waals surface area contributed by atoms with Gasteiger partial charge in [-0.1, -0.05) is 19.9 Å². The summed E-state index contributed by atoms with van der Waals surface area (Å²) in [4.78, 5) is 12.3. The minimum atomic E-state index is -0.291. The smallest absolute Gasteiger partial charge is 0.257 e. The molecular weight excluding hydrogens is 376 g/mol. The Morgan fingerprint density at radius 2 is 1.79 bits per heavy atom. The molecule has 28 heavy (non-hydrogen) atoms. The first kappa shape index (κ1) is 21.7. The van der Waals surface area contributed by atoms with Gasteiger partial charge < -0.3 is 19.5 Å². The third-order valence-electron chi connectivity index (χ3n) is 3.57. The molecule has 0 bridgehead atoms. The van der Waals surface area contributed by atoms with Gasteiger partial charge in [0, 0.05) is 24.4 Å². The molecule has 2 aromatic rings. The number of carbonyl (C=O) groups is 1. The lowest BCUT2D eigenvalue weighted by molar-refractivity contribution is 0.0977. The number of methoxy groups -OCH3 is 1. The van der Waals surface area contributed by atoms with Crippen molar-refractivity contribution in [2.45, 2.75) is 13.8 Å². The number of carbonyl (C=O) groups excluding carboxylic acids is 1. The fourth-order valence-electron chi connectivity index (χ4n) is 2.21. The lowest BCUT2D eigenvalue weighted by Crippen LogP contribution is -2.34. The molecule has 0 aromatic heterocycles. The van der Waals surface area contributed by atoms with Gasteiger partial charge in [0.1, 0.15) is 18.1 Å². The van der Waals surface area contributed by atoms with Crippen molar-refractivity contribution < 1.29 is 19.0 Å². The first-order valence-corrected chi connectivity index (χ1v) is 9.45. The number of thiocarbonyl (C=S) groups is 1. The Bertz CT molecular complexity index is 778. The van der Waals surface area contributed by atoms with E-state index in [1.54, 1.807) is 37.4 Å². The number of hydrogen-bond donors (Lipinski definition) is 2. The Morgan fingerprint density at radius 3 is 2.46 bits per heavy atom. The van der Waals surface area contributed by atoms with E-state index >= 15 is 0 Å². The van der Waals surface area contributed by atoms with Crippen LogP contribution in [0.2, 0.25) is 0 Å². The molecule has 0 heterocycles. The maximum Gasteiger partial charge on any atom is 0.257 e. The minimum Gasteiger partial charge on any atom is -0.493 e. The Balaban J connectivity index is 1.87. The lowest BCUT2D eigenvalue weighted by Gasteiger charge is -2.12. The van der Waals surface area contributed by atoms with Gasteiger partial charge in [-0.15, -0.1) is 0 Å². The highest BCUT2D eigenvalue weighted by atomic mass is 32.1. The Morgan fingerprint density at radius 1 is 1.04 bits per heavy atom. The molecule has 0 atom stereocenters. The summed E-state index contributed by atoms with van der Waals surface area (Å²) in [6.07, 6.45) is 0. The lowest BCUT2D eigenvalue weighted by atomic mass is 10.2. The van der Waals surface area contributed by atoms with Gasteiger partial charge in [0.15, 0.2) is 5.11 Å². The van der Waals surface area contributed by atoms with Crippen molar-refractivity contribution in [3.05, 3.63) is 54.1 Å². The second-order valence-corrected chi connectivity index (χ2v) is 6.91. The van der Waals surface area contributed by atoms with Gasteiger partial charge in [0.25, 0.3) is 5.91 Å². The standard InChI is InChI=1S/C21H26N2O4S/c1-15(2)14-27-18-9-7-16(8-10-18)20(24)23-21(28)22-17-5-4-6-19(13-17)26-12-11-25-3/h4-10,13,15H,11-12,14H2,1-3H3,(H2,22,23,24,28). The van der Waals surface area contributed by atoms with Crippen molar-refractivity contribution in [2.24, 2.45) is 5.92 Å². The van der Waals surface area contributed by atoms with E-state index in [1.807, 2.05) is 18.2 Å². The molecule has 0 saturated carbocycles. The number of rotatable bonds is 9. The Labute approximate surface area is 171 Å². The maximum atomic E-state index is 12.3. The first-order chi connectivity index (χ1) is 13.5. The summed E-state index contributed by atoms with van der Waals surface area (Å²) in [5.74, 6) is 1.57. The summed E-state index contributed by atoms with van der Waals surface area (Å²) in [7, 11) is 1.62. The highest BCUT2D eigenvalue weighted by Gasteiger charge is 2.09. The van der Waals surface area contributed by atoms with Crippen LogP contribution in [0.5, 0.6) is 11.5 Å². The van der Waals surface area contributed by atoms with Crippen molar-refractivity contribution in [2.75, 3.05) is 32.2 Å². The van der Waals surface area contributed by atoms with Gasteiger partial charge in [-0.2, -0.15) is 0 Å². The summed E-state index contributed by atoms with van der Waals surface area (Å²) < 4.78 is 16.1. The van der Waals surface area contributed by atoms with Crippen molar-refractivity contribution >= 4 is 28.9 Å². The molecule has 0 spiro atoms. The van der Waals surface area contributed by atoms with Crippen molar-refractivity contribution in [3.63, 3.8) is 0 Å². The molecule has 0 saturated heterocycles. The molecule has 0 radical (unpaired) electrons. The average Bonchev–Trinajstić information content (AvgIpc) is 2.67. The summed E-state index contributed by atoms with van der Waals surface area (Å²) in [6, 6.07) is 14.3. The predicted molar refractivity (Wildman–Crippen MR) is 114 cm³/mol. The van der Waals surface area contributed by atoms with Crippen molar-refractivity contribution in [3.8, 4) is 11.5 Å². The molecule has 150 valence electrons. The summed E-state index contributed by atoms with van der Waals surface area (Å²) in [5, 5.41) is 5.85. The molecule has 1 amide bonds. The highest BCUT2D eigenvalue weighted by molar-refractivity contribution is 7.80. The van der Waals surface area contributed by atoms with Crippen LogP contribution in [0.25, 0.3) is 0 Å². The largest absolute Gasteiger partial charge is 0.493 e. The zero-order valence-corrected chi connectivity index (χ0v) is 17.2. The van der Waals surface area contributed by atoms with Gasteiger partial charge in [-0.3, -0.25) is 10.1 Å². The number of benzene rings is 2. The molecule has 6 nitrogen and oxygen atoms in total. The monoisotopic (exact) mass is 402 g/mol. The van der Waals surface area contributed by atoms with Gasteiger partial charge in [0.2, 0.25) is 0 Å². The van der Waals surface area contributed by atoms with Crippen LogP contribution >= 0.6 is 12.2 Å². The van der Waals surface area contributed by atoms with Crippen LogP contribution in [0.15, 0.2) is 48.5 Å². The van der Waals surface area contributed by atoms with E-state index in [1.165, 1.54) is 0 Å². The maximum absolute atomic E-state index is 12.3. The van der Waals surface area contributed by atoms with E-state index in [-0.39, 0.29) is 11.0 Å². The van der Waals surface area contributed by atoms with E-state index in [2.05, 4.69) is 24.5 Å². The van der Waals surface area contributed by atoms with Crippen LogP contribution in [0.4, 0.5) is 5.69 Å². The van der Waals surface area contributed by atoms with Crippen LogP contribution in [0.1, 0.15) is 24.2 Å². The van der Waals surface area contributed by atoms with Crippen LogP contribution in [-0.2, 0) is 4.74 Å². The number of nitrogens with one attached hydrogen (secondary N) is 2. The molecule has 2 rings (SSSR count). The van der Waals surface area contributed by atoms with Gasteiger partial charge in [0.05, 0.1) is 13.2 Å². The number of hydrogen-bond acceptors (Lipinski definition) is 5. The molecule has 0 fully saturated rings. The Hall–Kier alpha value is -2.64. The zero-order chi connectivity index (χ0) is 20.4. The number of anilines is 1. The quantitative estimate of drug-likeness (QED) is 0.490. The van der Waals surface area contributed by atoms with Crippen LogP contribution in [0, 0.1) is 5.92 Å². The van der Waals surface area contributed by atoms with Crippen molar-refractivity contribution in [1.29, 1.82) is 0 Å². The van der Waals surface area contributed by atoms with E-state index in [0.717, 1.165) is 11.4 Å². The molecule has 0 unspecified atom stereocenters. The van der Waals surface area contributed by atoms with Crippen LogP contribution < -0.4 is 20.1 Å². The van der Waals surface area contributed by atoms with Gasteiger partial charge >= 0.3 is 0 Å². The molecule has 0 aliphatic rings. The molecule has 7 heteroatoms. The summed E-state index contributed by atoms with van der Waals surface area (Å²) in [5.41, 5.74) is 1.22. The normalized spacial score (nSPS) is 10.4. The second kappa shape index (κ2) is 11.3. The summed E-state index contributed by atoms with van der Waals surface area (Å²) in [6.45, 7) is 5.76. The third-order valence-corrected chi connectivity index (χ3v) is 3.78. The van der Waals surface area contributed by atoms with Gasteiger partial charge in [-0.25, -0.2) is 0 Å². The zero-order valence-electron chi connectivity index (χ0n) is 16.4. The molecule has 0 aliphatic heterocycles. The number of amides is 1. The van der Waals surface area contributed by atoms with E-state index in [9.17, 15) is 4.79 Å². The molecular formula is C21H26N2O4S. The van der Waals surface area contributed by atoms with Gasteiger partial charge in [-0.05, 0) is 54.5 Å². The summed E-state index contributed by atoms with van der Waals surface area (Å²) >= 11 is 5.23. The molecule has 2 aromatic carbocycles. The van der Waals surface area contributed by atoms with Crippen LogP contribution in [-0.4, -0.2) is 38.0 Å². The highest BCUT2D eigenvalue weighted by Crippen LogP contribution is 2.17. The van der Waals surface area contributed by atoms with Crippen LogP contribution in [0.3, 0.4) is 0 Å².